The lowest BCUT2D eigenvalue weighted by atomic mass is 9.79. The number of aliphatic hydroxyl groups excluding tert-OH is 1. The number of nitrogens with one attached hydrogen (secondary N) is 1. The summed E-state index contributed by atoms with van der Waals surface area (Å²) in [6, 6.07) is 29.8. The standard InChI is InChI=1S/C30H29F3N2O/c1-2-26(23-14-7-4-8-15-23)28(36)35-29(27-18-9-10-19-34-27,21-22-12-5-3-6-13-22)24-16-11-17-25(20-24)30(31,32)33/h3-20,26,28,35-36H,2,21H2,1H3/t26?,28-,29?/m0/s1. The van der Waals surface area contributed by atoms with E-state index in [0.29, 0.717) is 17.7 Å². The fourth-order valence-corrected chi connectivity index (χ4v) is 4.72. The Morgan fingerprint density at radius 1 is 0.806 bits per heavy atom. The van der Waals surface area contributed by atoms with Crippen molar-refractivity contribution in [2.45, 2.75) is 43.6 Å². The van der Waals surface area contributed by atoms with Gasteiger partial charge in [-0.2, -0.15) is 13.2 Å². The maximum atomic E-state index is 13.8. The molecule has 0 radical (unpaired) electrons. The first kappa shape index (κ1) is 25.6. The van der Waals surface area contributed by atoms with Gasteiger partial charge in [0.2, 0.25) is 0 Å². The summed E-state index contributed by atoms with van der Waals surface area (Å²) in [4.78, 5) is 4.57. The van der Waals surface area contributed by atoms with E-state index in [4.69, 9.17) is 0 Å². The van der Waals surface area contributed by atoms with Crippen molar-refractivity contribution in [3.63, 3.8) is 0 Å². The number of pyridine rings is 1. The molecule has 4 rings (SSSR count). The van der Waals surface area contributed by atoms with Crippen LogP contribution in [0.2, 0.25) is 0 Å². The molecule has 6 heteroatoms. The van der Waals surface area contributed by atoms with Gasteiger partial charge in [-0.25, -0.2) is 0 Å². The van der Waals surface area contributed by atoms with E-state index in [1.54, 1.807) is 30.5 Å². The smallest absolute Gasteiger partial charge is 0.378 e. The quantitative estimate of drug-likeness (QED) is 0.257. The molecule has 0 aliphatic carbocycles. The zero-order chi connectivity index (χ0) is 25.6. The van der Waals surface area contributed by atoms with Crippen molar-refractivity contribution in [1.29, 1.82) is 0 Å². The van der Waals surface area contributed by atoms with Crippen molar-refractivity contribution in [2.24, 2.45) is 0 Å². The second kappa shape index (κ2) is 11.1. The highest BCUT2D eigenvalue weighted by atomic mass is 19.4. The average Bonchev–Trinajstić information content (AvgIpc) is 2.90. The second-order valence-corrected chi connectivity index (χ2v) is 8.88. The molecule has 0 saturated heterocycles. The van der Waals surface area contributed by atoms with Crippen LogP contribution in [0.5, 0.6) is 0 Å². The molecule has 0 bridgehead atoms. The van der Waals surface area contributed by atoms with Crippen molar-refractivity contribution in [3.8, 4) is 0 Å². The molecular formula is C30H29F3N2O. The molecule has 0 aliphatic rings. The molecule has 36 heavy (non-hydrogen) atoms. The maximum Gasteiger partial charge on any atom is 0.416 e. The van der Waals surface area contributed by atoms with E-state index in [1.807, 2.05) is 67.6 Å². The van der Waals surface area contributed by atoms with Gasteiger partial charge in [0.25, 0.3) is 0 Å². The van der Waals surface area contributed by atoms with E-state index in [2.05, 4.69) is 10.3 Å². The fourth-order valence-electron chi connectivity index (χ4n) is 4.72. The predicted molar refractivity (Wildman–Crippen MR) is 135 cm³/mol. The van der Waals surface area contributed by atoms with Gasteiger partial charge in [0, 0.05) is 18.5 Å². The van der Waals surface area contributed by atoms with Crippen LogP contribution < -0.4 is 5.32 Å². The minimum atomic E-state index is -4.51. The van der Waals surface area contributed by atoms with E-state index in [0.717, 1.165) is 23.3 Å². The van der Waals surface area contributed by atoms with Gasteiger partial charge in [-0.3, -0.25) is 10.3 Å². The lowest BCUT2D eigenvalue weighted by molar-refractivity contribution is -0.137. The molecule has 186 valence electrons. The summed E-state index contributed by atoms with van der Waals surface area (Å²) in [5, 5.41) is 14.9. The zero-order valence-electron chi connectivity index (χ0n) is 20.0. The molecule has 3 nitrogen and oxygen atoms in total. The summed E-state index contributed by atoms with van der Waals surface area (Å²) in [7, 11) is 0. The van der Waals surface area contributed by atoms with Gasteiger partial charge >= 0.3 is 6.18 Å². The van der Waals surface area contributed by atoms with E-state index in [9.17, 15) is 18.3 Å². The Labute approximate surface area is 209 Å². The van der Waals surface area contributed by atoms with Crippen LogP contribution in [0.1, 0.15) is 47.2 Å². The summed E-state index contributed by atoms with van der Waals surface area (Å²) in [5.74, 6) is -0.282. The van der Waals surface area contributed by atoms with Gasteiger partial charge in [0.1, 0.15) is 6.23 Å². The Morgan fingerprint density at radius 3 is 2.06 bits per heavy atom. The van der Waals surface area contributed by atoms with Gasteiger partial charge in [0.05, 0.1) is 16.8 Å². The van der Waals surface area contributed by atoms with Crippen molar-refractivity contribution >= 4 is 0 Å². The molecular weight excluding hydrogens is 461 g/mol. The van der Waals surface area contributed by atoms with Crippen LogP contribution in [0, 0.1) is 0 Å². The number of benzene rings is 3. The van der Waals surface area contributed by atoms with Crippen LogP contribution in [0.15, 0.2) is 109 Å². The first-order valence-electron chi connectivity index (χ1n) is 12.0. The Bertz CT molecular complexity index is 1230. The summed E-state index contributed by atoms with van der Waals surface area (Å²) in [5.41, 5.74) is 0.759. The van der Waals surface area contributed by atoms with Crippen molar-refractivity contribution in [2.75, 3.05) is 0 Å². The number of nitrogens with zero attached hydrogens (tertiary/aromatic N) is 1. The van der Waals surface area contributed by atoms with Crippen LogP contribution in [-0.2, 0) is 18.1 Å². The Balaban J connectivity index is 1.89. The number of hydrogen-bond donors (Lipinski definition) is 2. The average molecular weight is 491 g/mol. The number of hydrogen-bond acceptors (Lipinski definition) is 3. The summed E-state index contributed by atoms with van der Waals surface area (Å²) in [6.45, 7) is 1.98. The van der Waals surface area contributed by atoms with Gasteiger partial charge in [-0.05, 0) is 47.4 Å². The molecule has 0 saturated carbocycles. The van der Waals surface area contributed by atoms with E-state index in [1.165, 1.54) is 6.07 Å². The molecule has 0 aliphatic heterocycles. The van der Waals surface area contributed by atoms with Gasteiger partial charge in [-0.15, -0.1) is 0 Å². The van der Waals surface area contributed by atoms with E-state index >= 15 is 0 Å². The highest BCUT2D eigenvalue weighted by molar-refractivity contribution is 5.41. The van der Waals surface area contributed by atoms with Crippen LogP contribution >= 0.6 is 0 Å². The SMILES string of the molecule is CCC(c1ccccc1)[C@H](O)NC(Cc1ccccc1)(c1cccc(C(F)(F)F)c1)c1ccccn1. The molecule has 0 spiro atoms. The van der Waals surface area contributed by atoms with Crippen LogP contribution in [0.4, 0.5) is 13.2 Å². The van der Waals surface area contributed by atoms with Gasteiger partial charge in [-0.1, -0.05) is 85.8 Å². The molecule has 2 N–H and O–H groups in total. The molecule has 3 aromatic carbocycles. The van der Waals surface area contributed by atoms with Crippen molar-refractivity contribution in [3.05, 3.63) is 137 Å². The number of aromatic nitrogens is 1. The Hall–Kier alpha value is -3.48. The Morgan fingerprint density at radius 2 is 1.44 bits per heavy atom. The first-order valence-corrected chi connectivity index (χ1v) is 12.0. The molecule has 1 heterocycles. The third kappa shape index (κ3) is 5.66. The third-order valence-corrected chi connectivity index (χ3v) is 6.54. The Kier molecular flexibility index (Phi) is 7.87. The molecule has 4 aromatic rings. The fraction of sp³-hybridized carbons (Fsp3) is 0.233. The second-order valence-electron chi connectivity index (χ2n) is 8.88. The van der Waals surface area contributed by atoms with E-state index < -0.39 is 23.5 Å². The number of halogens is 3. The van der Waals surface area contributed by atoms with Gasteiger partial charge in [0.15, 0.2) is 0 Å². The lowest BCUT2D eigenvalue weighted by Crippen LogP contribution is -2.52. The largest absolute Gasteiger partial charge is 0.416 e. The predicted octanol–water partition coefficient (Wildman–Crippen LogP) is 6.69. The third-order valence-electron chi connectivity index (χ3n) is 6.54. The molecule has 0 amide bonds. The van der Waals surface area contributed by atoms with Gasteiger partial charge < -0.3 is 5.11 Å². The lowest BCUT2D eigenvalue weighted by Gasteiger charge is -2.39. The number of aliphatic hydroxyl groups is 1. The monoisotopic (exact) mass is 490 g/mol. The van der Waals surface area contributed by atoms with Crippen molar-refractivity contribution < 1.29 is 18.3 Å². The highest BCUT2D eigenvalue weighted by Gasteiger charge is 2.41. The normalized spacial score (nSPS) is 15.1. The summed E-state index contributed by atoms with van der Waals surface area (Å²) < 4.78 is 41.3. The molecule has 1 aromatic heterocycles. The van der Waals surface area contributed by atoms with Crippen LogP contribution in [0.3, 0.4) is 0 Å². The minimum absolute atomic E-state index is 0.282. The minimum Gasteiger partial charge on any atom is -0.378 e. The first-order chi connectivity index (χ1) is 17.3. The summed E-state index contributed by atoms with van der Waals surface area (Å²) in [6.07, 6.45) is -3.03. The molecule has 2 unspecified atom stereocenters. The highest BCUT2D eigenvalue weighted by Crippen LogP contribution is 2.38. The number of rotatable bonds is 9. The van der Waals surface area contributed by atoms with E-state index in [-0.39, 0.29) is 12.3 Å². The maximum absolute atomic E-state index is 13.8. The molecule has 3 atom stereocenters. The molecule has 0 fully saturated rings. The number of alkyl halides is 3. The van der Waals surface area contributed by atoms with Crippen LogP contribution in [0.25, 0.3) is 0 Å². The zero-order valence-corrected chi connectivity index (χ0v) is 20.0. The van der Waals surface area contributed by atoms with Crippen LogP contribution in [-0.4, -0.2) is 16.3 Å². The summed E-state index contributed by atoms with van der Waals surface area (Å²) >= 11 is 0. The topological polar surface area (TPSA) is 45.1 Å². The van der Waals surface area contributed by atoms with Crippen molar-refractivity contribution in [1.82, 2.24) is 10.3 Å².